The van der Waals surface area contributed by atoms with Gasteiger partial charge in [-0.25, -0.2) is 4.68 Å². The molecule has 1 aliphatic rings. The van der Waals surface area contributed by atoms with Gasteiger partial charge in [0.2, 0.25) is 17.0 Å². The van der Waals surface area contributed by atoms with E-state index in [9.17, 15) is 9.59 Å². The predicted molar refractivity (Wildman–Crippen MR) is 91.6 cm³/mol. The average Bonchev–Trinajstić information content (AvgIpc) is 3.22. The van der Waals surface area contributed by atoms with Gasteiger partial charge in [0.05, 0.1) is 17.8 Å². The fourth-order valence-corrected chi connectivity index (χ4v) is 3.20. The van der Waals surface area contributed by atoms with Gasteiger partial charge in [0.15, 0.2) is 0 Å². The number of rotatable bonds is 7. The molecule has 1 heterocycles. The van der Waals surface area contributed by atoms with Gasteiger partial charge in [0.25, 0.3) is 0 Å². The lowest BCUT2D eigenvalue weighted by atomic mass is 10.1. The van der Waals surface area contributed by atoms with Gasteiger partial charge in [-0.1, -0.05) is 11.8 Å². The van der Waals surface area contributed by atoms with Crippen molar-refractivity contribution in [3.63, 3.8) is 0 Å². The lowest BCUT2D eigenvalue weighted by Gasteiger charge is -2.26. The van der Waals surface area contributed by atoms with Crippen LogP contribution in [0.4, 0.5) is 0 Å². The molecule has 1 aromatic rings. The Morgan fingerprint density at radius 3 is 2.62 bits per heavy atom. The van der Waals surface area contributed by atoms with Crippen molar-refractivity contribution in [1.82, 2.24) is 30.4 Å². The first-order valence-corrected chi connectivity index (χ1v) is 9.13. The summed E-state index contributed by atoms with van der Waals surface area (Å²) < 4.78 is 1.79. The lowest BCUT2D eigenvalue weighted by molar-refractivity contribution is -0.135. The summed E-state index contributed by atoms with van der Waals surface area (Å²) in [7, 11) is 0. The molecule has 1 atom stereocenters. The molecule has 2 amide bonds. The molecule has 0 aromatic carbocycles. The Hall–Kier alpha value is -1.64. The summed E-state index contributed by atoms with van der Waals surface area (Å²) in [5.41, 5.74) is -0.313. The minimum Gasteiger partial charge on any atom is -0.350 e. The van der Waals surface area contributed by atoms with E-state index in [1.54, 1.807) is 9.58 Å². The third-order valence-corrected chi connectivity index (χ3v) is 4.56. The number of hydrogen-bond donors (Lipinski definition) is 1. The van der Waals surface area contributed by atoms with E-state index in [1.165, 1.54) is 11.8 Å². The van der Waals surface area contributed by atoms with Gasteiger partial charge < -0.3 is 10.2 Å². The highest BCUT2D eigenvalue weighted by molar-refractivity contribution is 8.00. The minimum atomic E-state index is -0.351. The third kappa shape index (κ3) is 5.19. The number of nitrogens with zero attached hydrogens (tertiary/aromatic N) is 5. The normalized spacial score (nSPS) is 15.9. The fraction of sp³-hybridized carbons (Fsp3) is 0.800. The number of tetrazole rings is 1. The summed E-state index contributed by atoms with van der Waals surface area (Å²) in [5.74, 6) is -0.241. The van der Waals surface area contributed by atoms with Crippen molar-refractivity contribution in [1.29, 1.82) is 0 Å². The maximum Gasteiger partial charge on any atom is 0.240 e. The molecule has 0 saturated heterocycles. The van der Waals surface area contributed by atoms with Crippen LogP contribution in [0.5, 0.6) is 0 Å². The highest BCUT2D eigenvalue weighted by Gasteiger charge is 2.30. The second kappa shape index (κ2) is 7.50. The molecule has 2 rings (SSSR count). The van der Waals surface area contributed by atoms with Crippen LogP contribution in [0.1, 0.15) is 53.5 Å². The highest BCUT2D eigenvalue weighted by Crippen LogP contribution is 2.37. The van der Waals surface area contributed by atoms with Crippen molar-refractivity contribution in [2.45, 2.75) is 69.4 Å². The van der Waals surface area contributed by atoms with Crippen LogP contribution in [0.3, 0.4) is 0 Å². The Labute approximate surface area is 146 Å². The number of amides is 2. The monoisotopic (exact) mass is 354 g/mol. The summed E-state index contributed by atoms with van der Waals surface area (Å²) in [6.07, 6.45) is 2.16. The van der Waals surface area contributed by atoms with E-state index in [2.05, 4.69) is 20.8 Å². The molecule has 0 bridgehead atoms. The Balaban J connectivity index is 1.94. The highest BCUT2D eigenvalue weighted by atomic mass is 32.2. The van der Waals surface area contributed by atoms with E-state index in [-0.39, 0.29) is 29.1 Å². The van der Waals surface area contributed by atoms with Gasteiger partial charge >= 0.3 is 0 Å². The molecular weight excluding hydrogens is 328 g/mol. The lowest BCUT2D eigenvalue weighted by Crippen LogP contribution is -2.48. The summed E-state index contributed by atoms with van der Waals surface area (Å²) in [4.78, 5) is 26.3. The molecule has 1 unspecified atom stereocenters. The topological polar surface area (TPSA) is 93.0 Å². The minimum absolute atomic E-state index is 0.0606. The van der Waals surface area contributed by atoms with Gasteiger partial charge in [0, 0.05) is 12.1 Å². The first kappa shape index (κ1) is 18.7. The van der Waals surface area contributed by atoms with Gasteiger partial charge in [-0.15, -0.1) is 5.10 Å². The molecule has 1 N–H and O–H groups in total. The van der Waals surface area contributed by atoms with Gasteiger partial charge in [-0.2, -0.15) is 0 Å². The van der Waals surface area contributed by atoms with E-state index in [0.29, 0.717) is 17.7 Å². The number of hydrogen-bond acceptors (Lipinski definition) is 6. The van der Waals surface area contributed by atoms with Crippen LogP contribution in [-0.4, -0.2) is 60.8 Å². The van der Waals surface area contributed by atoms with Gasteiger partial charge in [0.1, 0.15) is 0 Å². The zero-order chi connectivity index (χ0) is 17.9. The first-order chi connectivity index (χ1) is 11.2. The Bertz CT molecular complexity index is 593. The molecule has 134 valence electrons. The number of aromatic nitrogens is 4. The van der Waals surface area contributed by atoms with E-state index in [0.717, 1.165) is 12.8 Å². The molecule has 9 heteroatoms. The van der Waals surface area contributed by atoms with Crippen LogP contribution < -0.4 is 5.32 Å². The molecule has 0 aliphatic heterocycles. The summed E-state index contributed by atoms with van der Waals surface area (Å²) in [5, 5.41) is 14.9. The van der Waals surface area contributed by atoms with E-state index in [1.807, 2.05) is 34.6 Å². The molecule has 24 heavy (non-hydrogen) atoms. The second-order valence-electron chi connectivity index (χ2n) is 7.05. The summed E-state index contributed by atoms with van der Waals surface area (Å²) in [6.45, 7) is 9.98. The first-order valence-electron chi connectivity index (χ1n) is 8.25. The van der Waals surface area contributed by atoms with Crippen LogP contribution in [0.25, 0.3) is 0 Å². The standard InChI is InChI=1S/C15H26N6O2S/c1-6-20(9-12(22)16-15(3,4)5)13(23)10(2)24-14-17-18-19-21(14)11-7-8-11/h10-11H,6-9H2,1-5H3,(H,16,22). The quantitative estimate of drug-likeness (QED) is 0.741. The Morgan fingerprint density at radius 1 is 1.42 bits per heavy atom. The molecule has 1 saturated carbocycles. The maximum absolute atomic E-state index is 12.6. The zero-order valence-electron chi connectivity index (χ0n) is 14.9. The van der Waals surface area contributed by atoms with Crippen LogP contribution >= 0.6 is 11.8 Å². The SMILES string of the molecule is CCN(CC(=O)NC(C)(C)C)C(=O)C(C)Sc1nnnn1C1CC1. The molecule has 0 spiro atoms. The second-order valence-corrected chi connectivity index (χ2v) is 8.36. The van der Waals surface area contributed by atoms with Crippen molar-refractivity contribution in [3.8, 4) is 0 Å². The smallest absolute Gasteiger partial charge is 0.240 e. The van der Waals surface area contributed by atoms with E-state index in [4.69, 9.17) is 0 Å². The molecule has 0 radical (unpaired) electrons. The predicted octanol–water partition coefficient (Wildman–Crippen LogP) is 1.25. The van der Waals surface area contributed by atoms with Crippen molar-refractivity contribution < 1.29 is 9.59 Å². The van der Waals surface area contributed by atoms with Crippen LogP contribution in [0.2, 0.25) is 0 Å². The van der Waals surface area contributed by atoms with E-state index < -0.39 is 0 Å². The van der Waals surface area contributed by atoms with Gasteiger partial charge in [-0.3, -0.25) is 9.59 Å². The number of likely N-dealkylation sites (N-methyl/N-ethyl adjacent to an activating group) is 1. The number of nitrogens with one attached hydrogen (secondary N) is 1. The third-order valence-electron chi connectivity index (χ3n) is 3.53. The average molecular weight is 354 g/mol. The zero-order valence-corrected chi connectivity index (χ0v) is 15.8. The van der Waals surface area contributed by atoms with Crippen molar-refractivity contribution in [2.24, 2.45) is 0 Å². The number of thioether (sulfide) groups is 1. The van der Waals surface area contributed by atoms with Crippen LogP contribution in [0, 0.1) is 0 Å². The molecule has 1 aliphatic carbocycles. The summed E-state index contributed by atoms with van der Waals surface area (Å²) >= 11 is 1.34. The van der Waals surface area contributed by atoms with Crippen LogP contribution in [-0.2, 0) is 9.59 Å². The van der Waals surface area contributed by atoms with Crippen molar-refractivity contribution in [2.75, 3.05) is 13.1 Å². The Morgan fingerprint density at radius 2 is 2.08 bits per heavy atom. The molecular formula is C15H26N6O2S. The maximum atomic E-state index is 12.6. The van der Waals surface area contributed by atoms with E-state index >= 15 is 0 Å². The Kier molecular flexibility index (Phi) is 5.84. The molecule has 1 fully saturated rings. The molecule has 8 nitrogen and oxygen atoms in total. The fourth-order valence-electron chi connectivity index (χ4n) is 2.25. The van der Waals surface area contributed by atoms with Crippen molar-refractivity contribution in [3.05, 3.63) is 0 Å². The largest absolute Gasteiger partial charge is 0.350 e. The van der Waals surface area contributed by atoms with Crippen molar-refractivity contribution >= 4 is 23.6 Å². The van der Waals surface area contributed by atoms with Gasteiger partial charge in [-0.05, 0) is 57.9 Å². The molecule has 1 aromatic heterocycles. The number of carbonyl (C=O) groups excluding carboxylic acids is 2. The summed E-state index contributed by atoms with van der Waals surface area (Å²) in [6, 6.07) is 0.365. The van der Waals surface area contributed by atoms with Crippen LogP contribution in [0.15, 0.2) is 5.16 Å². The number of carbonyl (C=O) groups is 2.